The number of hydrogen-bond acceptors (Lipinski definition) is 7. The van der Waals surface area contributed by atoms with Crippen molar-refractivity contribution in [3.63, 3.8) is 0 Å². The molecular formula is C20H16N3NaO5S. The zero-order valence-corrected chi connectivity index (χ0v) is 15.7. The van der Waals surface area contributed by atoms with Crippen molar-refractivity contribution in [3.8, 4) is 0 Å². The summed E-state index contributed by atoms with van der Waals surface area (Å²) in [5, 5.41) is 2.89. The van der Waals surface area contributed by atoms with E-state index in [0.717, 1.165) is 6.07 Å². The van der Waals surface area contributed by atoms with Gasteiger partial charge in [-0.1, -0.05) is 36.4 Å². The van der Waals surface area contributed by atoms with Crippen LogP contribution in [0.2, 0.25) is 0 Å². The number of rotatable bonds is 3. The van der Waals surface area contributed by atoms with Crippen molar-refractivity contribution in [2.24, 2.45) is 0 Å². The van der Waals surface area contributed by atoms with Crippen LogP contribution in [-0.4, -0.2) is 54.1 Å². The van der Waals surface area contributed by atoms with Crippen LogP contribution in [0.15, 0.2) is 59.5 Å². The van der Waals surface area contributed by atoms with E-state index in [0.29, 0.717) is 11.4 Å². The molecule has 3 aromatic rings. The maximum absolute atomic E-state index is 13.2. The van der Waals surface area contributed by atoms with Crippen molar-refractivity contribution in [3.05, 3.63) is 76.9 Å². The van der Waals surface area contributed by atoms with Gasteiger partial charge in [-0.3, -0.25) is 14.1 Å². The van der Waals surface area contributed by atoms with Crippen LogP contribution in [0.3, 0.4) is 0 Å². The van der Waals surface area contributed by atoms with Crippen LogP contribution in [0.5, 0.6) is 0 Å². The number of carbonyl (C=O) groups excluding carboxylic acids is 2. The van der Waals surface area contributed by atoms with E-state index in [-0.39, 0.29) is 57.5 Å². The molecule has 4 rings (SSSR count). The molecule has 0 heterocycles. The van der Waals surface area contributed by atoms with Gasteiger partial charge in [0.15, 0.2) is 11.6 Å². The number of nitrogens with two attached hydrogens (primary N) is 2. The van der Waals surface area contributed by atoms with Gasteiger partial charge in [-0.2, -0.15) is 8.42 Å². The third-order valence-corrected chi connectivity index (χ3v) is 5.60. The molecule has 8 nitrogen and oxygen atoms in total. The summed E-state index contributed by atoms with van der Waals surface area (Å²) in [6.07, 6.45) is 0. The Morgan fingerprint density at radius 2 is 1.33 bits per heavy atom. The molecule has 0 unspecified atom stereocenters. The van der Waals surface area contributed by atoms with Gasteiger partial charge in [0.2, 0.25) is 0 Å². The SMILES string of the molecule is Nc1ccccc1Nc1cc(S(=O)(=O)O)c(N)c2c1C(=O)c1ccccc1C2=O.[NaH]. The van der Waals surface area contributed by atoms with E-state index in [9.17, 15) is 22.6 Å². The van der Waals surface area contributed by atoms with Crippen LogP contribution in [0.1, 0.15) is 31.8 Å². The molecule has 30 heavy (non-hydrogen) atoms. The average Bonchev–Trinajstić information content (AvgIpc) is 2.68. The van der Waals surface area contributed by atoms with E-state index < -0.39 is 32.3 Å². The Kier molecular flexibility index (Phi) is 5.76. The van der Waals surface area contributed by atoms with Gasteiger partial charge in [0.05, 0.1) is 33.9 Å². The Labute approximate surface area is 194 Å². The summed E-state index contributed by atoms with van der Waals surface area (Å²) in [4.78, 5) is 25.6. The third kappa shape index (κ3) is 3.51. The number of para-hydroxylation sites is 2. The molecule has 0 atom stereocenters. The maximum atomic E-state index is 13.2. The minimum atomic E-state index is -4.77. The molecule has 0 radical (unpaired) electrons. The number of anilines is 4. The molecule has 0 spiro atoms. The summed E-state index contributed by atoms with van der Waals surface area (Å²) in [7, 11) is -4.77. The van der Waals surface area contributed by atoms with Gasteiger partial charge in [-0.05, 0) is 18.2 Å². The minimum absolute atomic E-state index is 0. The van der Waals surface area contributed by atoms with Crippen molar-refractivity contribution >= 4 is 74.0 Å². The van der Waals surface area contributed by atoms with Crippen molar-refractivity contribution < 1.29 is 22.6 Å². The molecule has 0 amide bonds. The Bertz CT molecular complexity index is 1320. The second kappa shape index (κ2) is 7.86. The number of nitrogen functional groups attached to an aromatic ring is 2. The number of fused-ring (bicyclic) bond motifs is 2. The van der Waals surface area contributed by atoms with E-state index in [4.69, 9.17) is 11.5 Å². The van der Waals surface area contributed by atoms with E-state index in [2.05, 4.69) is 5.32 Å². The second-order valence-electron chi connectivity index (χ2n) is 6.48. The number of benzene rings is 3. The fourth-order valence-electron chi connectivity index (χ4n) is 3.36. The Morgan fingerprint density at radius 3 is 1.90 bits per heavy atom. The van der Waals surface area contributed by atoms with Crippen LogP contribution in [0.25, 0.3) is 0 Å². The number of hydrogen-bond donors (Lipinski definition) is 4. The zero-order valence-electron chi connectivity index (χ0n) is 14.8. The molecule has 3 aromatic carbocycles. The Hall–Kier alpha value is -2.69. The van der Waals surface area contributed by atoms with Gasteiger partial charge in [0, 0.05) is 11.1 Å². The van der Waals surface area contributed by atoms with Gasteiger partial charge in [0.25, 0.3) is 10.1 Å². The summed E-state index contributed by atoms with van der Waals surface area (Å²) >= 11 is 0. The van der Waals surface area contributed by atoms with Gasteiger partial charge >= 0.3 is 29.6 Å². The number of nitrogens with one attached hydrogen (secondary N) is 1. The van der Waals surface area contributed by atoms with Crippen LogP contribution < -0.4 is 16.8 Å². The molecule has 0 saturated heterocycles. The summed E-state index contributed by atoms with van der Waals surface area (Å²) in [6, 6.07) is 13.8. The molecule has 1 aliphatic carbocycles. The fraction of sp³-hybridized carbons (Fsp3) is 0. The summed E-state index contributed by atoms with van der Waals surface area (Å²) < 4.78 is 33.4. The number of carbonyl (C=O) groups is 2. The number of ketones is 2. The first-order valence-electron chi connectivity index (χ1n) is 8.44. The molecule has 1 aliphatic rings. The molecule has 0 bridgehead atoms. The molecule has 0 saturated carbocycles. The quantitative estimate of drug-likeness (QED) is 0.217. The zero-order chi connectivity index (χ0) is 20.9. The second-order valence-corrected chi connectivity index (χ2v) is 7.87. The Balaban J connectivity index is 0.00000256. The van der Waals surface area contributed by atoms with E-state index in [1.54, 1.807) is 36.4 Å². The Morgan fingerprint density at radius 1 is 0.800 bits per heavy atom. The van der Waals surface area contributed by atoms with Crippen LogP contribution >= 0.6 is 0 Å². The molecule has 0 fully saturated rings. The average molecular weight is 433 g/mol. The molecule has 6 N–H and O–H groups in total. The van der Waals surface area contributed by atoms with Crippen molar-refractivity contribution in [2.45, 2.75) is 4.90 Å². The van der Waals surface area contributed by atoms with E-state index in [1.165, 1.54) is 12.1 Å². The predicted octanol–water partition coefficient (Wildman–Crippen LogP) is 1.97. The fourth-order valence-corrected chi connectivity index (χ4v) is 4.01. The summed E-state index contributed by atoms with van der Waals surface area (Å²) in [5.74, 6) is -1.11. The first-order valence-corrected chi connectivity index (χ1v) is 9.88. The van der Waals surface area contributed by atoms with Gasteiger partial charge in [0.1, 0.15) is 4.90 Å². The summed E-state index contributed by atoms with van der Waals surface area (Å²) in [5.41, 5.74) is 12.0. The van der Waals surface area contributed by atoms with Gasteiger partial charge in [-0.25, -0.2) is 0 Å². The van der Waals surface area contributed by atoms with E-state index >= 15 is 0 Å². The normalized spacial score (nSPS) is 12.6. The van der Waals surface area contributed by atoms with Gasteiger partial charge < -0.3 is 16.8 Å². The third-order valence-electron chi connectivity index (χ3n) is 4.71. The first-order chi connectivity index (χ1) is 13.7. The van der Waals surface area contributed by atoms with Crippen LogP contribution in [0.4, 0.5) is 22.7 Å². The predicted molar refractivity (Wildman–Crippen MR) is 115 cm³/mol. The van der Waals surface area contributed by atoms with Crippen molar-refractivity contribution in [1.82, 2.24) is 0 Å². The van der Waals surface area contributed by atoms with Crippen LogP contribution in [-0.2, 0) is 10.1 Å². The topological polar surface area (TPSA) is 153 Å². The van der Waals surface area contributed by atoms with Gasteiger partial charge in [-0.15, -0.1) is 0 Å². The molecule has 148 valence electrons. The van der Waals surface area contributed by atoms with Crippen LogP contribution in [0, 0.1) is 0 Å². The monoisotopic (exact) mass is 433 g/mol. The van der Waals surface area contributed by atoms with E-state index in [1.807, 2.05) is 0 Å². The molecule has 0 aliphatic heterocycles. The summed E-state index contributed by atoms with van der Waals surface area (Å²) in [6.45, 7) is 0. The molecule has 0 aromatic heterocycles. The first kappa shape index (κ1) is 22.0. The standard InChI is InChI=1S/C20H15N3O5S.Na.H/c21-12-7-3-4-8-13(12)23-14-9-15(29(26,27)28)18(22)17-16(14)19(24)10-5-1-2-6-11(10)20(17)25;;/h1-9,23H,21-22H2,(H,26,27,28);;. The van der Waals surface area contributed by atoms with Crippen molar-refractivity contribution in [1.29, 1.82) is 0 Å². The van der Waals surface area contributed by atoms with Crippen molar-refractivity contribution in [2.75, 3.05) is 16.8 Å². The molecular weight excluding hydrogens is 417 g/mol. The molecule has 10 heteroatoms.